The first-order valence-electron chi connectivity index (χ1n) is 10.0. The molecule has 0 atom stereocenters. The zero-order valence-electron chi connectivity index (χ0n) is 18.9. The van der Waals surface area contributed by atoms with Crippen LogP contribution in [0.2, 0.25) is 0 Å². The van der Waals surface area contributed by atoms with Crippen molar-refractivity contribution in [3.05, 3.63) is 47.1 Å². The number of carbonyl (C=O) groups is 2. The fraction of sp³-hybridized carbons (Fsp3) is 0.364. The van der Waals surface area contributed by atoms with Gasteiger partial charge in [-0.05, 0) is 62.7 Å². The molecule has 176 valence electrons. The van der Waals surface area contributed by atoms with E-state index < -0.39 is 23.5 Å². The molecule has 0 aliphatic carbocycles. The Hall–Kier alpha value is -3.34. The van der Waals surface area contributed by atoms with Gasteiger partial charge in [0.2, 0.25) is 5.88 Å². The zero-order valence-corrected chi connectivity index (χ0v) is 20.5. The molecule has 33 heavy (non-hydrogen) atoms. The summed E-state index contributed by atoms with van der Waals surface area (Å²) < 4.78 is 18.4. The SMILES string of the molecule is CC(C)(C)OC(=O)OC(C)(C)CN(C(=O)O)c1cc(Oc2ccccc2)nc2c(Br)cnn12. The van der Waals surface area contributed by atoms with E-state index in [0.717, 1.165) is 4.90 Å². The minimum absolute atomic E-state index is 0.157. The van der Waals surface area contributed by atoms with Gasteiger partial charge in [0.05, 0.1) is 17.2 Å². The molecule has 0 spiro atoms. The van der Waals surface area contributed by atoms with Crippen LogP contribution in [0.25, 0.3) is 5.65 Å². The summed E-state index contributed by atoms with van der Waals surface area (Å²) in [6, 6.07) is 10.4. The van der Waals surface area contributed by atoms with E-state index in [9.17, 15) is 14.7 Å². The third kappa shape index (κ3) is 6.35. The van der Waals surface area contributed by atoms with Crippen LogP contribution in [0.15, 0.2) is 47.1 Å². The minimum Gasteiger partial charge on any atom is -0.465 e. The monoisotopic (exact) mass is 520 g/mol. The van der Waals surface area contributed by atoms with Crippen molar-refractivity contribution in [3.8, 4) is 11.6 Å². The maximum atomic E-state index is 12.3. The third-order valence-corrected chi connectivity index (χ3v) is 4.71. The van der Waals surface area contributed by atoms with Crippen LogP contribution in [0.1, 0.15) is 34.6 Å². The Bertz CT molecular complexity index is 1160. The quantitative estimate of drug-likeness (QED) is 0.423. The van der Waals surface area contributed by atoms with E-state index in [4.69, 9.17) is 14.2 Å². The smallest absolute Gasteiger partial charge is 0.465 e. The lowest BCUT2D eigenvalue weighted by Crippen LogP contribution is -2.46. The number of carbonyl (C=O) groups excluding carboxylic acids is 1. The summed E-state index contributed by atoms with van der Waals surface area (Å²) in [6.45, 7) is 8.10. The van der Waals surface area contributed by atoms with E-state index in [1.165, 1.54) is 16.8 Å². The average molecular weight is 521 g/mol. The molecule has 2 heterocycles. The molecule has 1 aromatic carbocycles. The molecule has 1 amide bonds. The molecule has 10 nitrogen and oxygen atoms in total. The molecule has 0 bridgehead atoms. The van der Waals surface area contributed by atoms with Gasteiger partial charge in [0.25, 0.3) is 0 Å². The summed E-state index contributed by atoms with van der Waals surface area (Å²) in [5.74, 6) is 0.860. The van der Waals surface area contributed by atoms with Crippen LogP contribution in [0.3, 0.4) is 0 Å². The van der Waals surface area contributed by atoms with E-state index >= 15 is 0 Å². The largest absolute Gasteiger partial charge is 0.509 e. The van der Waals surface area contributed by atoms with Crippen molar-refractivity contribution in [3.63, 3.8) is 0 Å². The predicted molar refractivity (Wildman–Crippen MR) is 124 cm³/mol. The van der Waals surface area contributed by atoms with Gasteiger partial charge in [-0.2, -0.15) is 14.6 Å². The van der Waals surface area contributed by atoms with Crippen LogP contribution in [0.4, 0.5) is 15.4 Å². The number of carboxylic acid groups (broad SMARTS) is 1. The van der Waals surface area contributed by atoms with Gasteiger partial charge < -0.3 is 19.3 Å². The number of aromatic nitrogens is 3. The summed E-state index contributed by atoms with van der Waals surface area (Å²) in [5.41, 5.74) is -1.61. The maximum Gasteiger partial charge on any atom is 0.509 e. The lowest BCUT2D eigenvalue weighted by Gasteiger charge is -2.31. The number of para-hydroxylation sites is 1. The Morgan fingerprint density at radius 2 is 1.79 bits per heavy atom. The first kappa shape index (κ1) is 24.3. The van der Waals surface area contributed by atoms with Gasteiger partial charge >= 0.3 is 12.2 Å². The minimum atomic E-state index is -1.28. The maximum absolute atomic E-state index is 12.3. The second-order valence-corrected chi connectivity index (χ2v) is 9.64. The molecule has 3 rings (SSSR count). The van der Waals surface area contributed by atoms with Crippen molar-refractivity contribution in [2.75, 3.05) is 11.4 Å². The van der Waals surface area contributed by atoms with Crippen LogP contribution in [0, 0.1) is 0 Å². The highest BCUT2D eigenvalue weighted by atomic mass is 79.9. The Labute approximate surface area is 199 Å². The van der Waals surface area contributed by atoms with Crippen LogP contribution >= 0.6 is 15.9 Å². The summed E-state index contributed by atoms with van der Waals surface area (Å²) in [5, 5.41) is 14.2. The lowest BCUT2D eigenvalue weighted by molar-refractivity contribution is -0.0502. The van der Waals surface area contributed by atoms with Crippen molar-refractivity contribution in [2.45, 2.75) is 45.8 Å². The Kier molecular flexibility index (Phi) is 6.82. The molecule has 0 aliphatic heterocycles. The van der Waals surface area contributed by atoms with E-state index in [1.807, 2.05) is 18.2 Å². The topological polar surface area (TPSA) is 115 Å². The fourth-order valence-corrected chi connectivity index (χ4v) is 3.26. The second kappa shape index (κ2) is 9.26. The molecule has 0 unspecified atom stereocenters. The first-order chi connectivity index (χ1) is 15.3. The summed E-state index contributed by atoms with van der Waals surface area (Å²) in [7, 11) is 0. The number of benzene rings is 1. The Morgan fingerprint density at radius 1 is 1.12 bits per heavy atom. The molecule has 0 saturated carbocycles. The third-order valence-electron chi connectivity index (χ3n) is 4.15. The van der Waals surface area contributed by atoms with E-state index in [1.54, 1.807) is 46.8 Å². The van der Waals surface area contributed by atoms with Gasteiger partial charge in [-0.15, -0.1) is 0 Å². The number of hydrogen-bond acceptors (Lipinski definition) is 7. The zero-order chi connectivity index (χ0) is 24.4. The standard InChI is InChI=1S/C22H25BrN4O6/c1-21(2,3)32-20(30)33-22(4,5)13-26(19(28)29)17-11-16(31-14-9-7-6-8-10-14)25-18-15(23)12-24-27(17)18/h6-12H,13H2,1-5H3,(H,28,29). The van der Waals surface area contributed by atoms with Crippen LogP contribution < -0.4 is 9.64 Å². The van der Waals surface area contributed by atoms with Crippen molar-refractivity contribution in [1.82, 2.24) is 14.6 Å². The number of amides is 1. The van der Waals surface area contributed by atoms with E-state index in [2.05, 4.69) is 26.0 Å². The van der Waals surface area contributed by atoms with Crippen LogP contribution in [0.5, 0.6) is 11.6 Å². The van der Waals surface area contributed by atoms with Gasteiger partial charge in [0, 0.05) is 6.07 Å². The normalized spacial score (nSPS) is 11.8. The number of nitrogens with zero attached hydrogens (tertiary/aromatic N) is 4. The molecule has 2 aromatic heterocycles. The van der Waals surface area contributed by atoms with E-state index in [0.29, 0.717) is 15.9 Å². The van der Waals surface area contributed by atoms with Gasteiger partial charge in [0.1, 0.15) is 22.8 Å². The Morgan fingerprint density at radius 3 is 2.39 bits per heavy atom. The molecule has 1 N–H and O–H groups in total. The Balaban J connectivity index is 1.96. The predicted octanol–water partition coefficient (Wildman–Crippen LogP) is 5.50. The van der Waals surface area contributed by atoms with Gasteiger partial charge in [-0.25, -0.2) is 9.59 Å². The highest BCUT2D eigenvalue weighted by Gasteiger charge is 2.33. The van der Waals surface area contributed by atoms with Crippen molar-refractivity contribution >= 4 is 39.6 Å². The number of anilines is 1. The molecule has 3 aromatic rings. The highest BCUT2D eigenvalue weighted by Crippen LogP contribution is 2.30. The van der Waals surface area contributed by atoms with Crippen molar-refractivity contribution in [1.29, 1.82) is 0 Å². The molecular formula is C22H25BrN4O6. The number of fused-ring (bicyclic) bond motifs is 1. The molecule has 0 radical (unpaired) electrons. The lowest BCUT2D eigenvalue weighted by atomic mass is 10.1. The molecule has 0 saturated heterocycles. The molecular weight excluding hydrogens is 496 g/mol. The average Bonchev–Trinajstić information content (AvgIpc) is 3.05. The number of rotatable bonds is 6. The van der Waals surface area contributed by atoms with Crippen LogP contribution in [-0.4, -0.2) is 49.7 Å². The van der Waals surface area contributed by atoms with Crippen LogP contribution in [-0.2, 0) is 9.47 Å². The van der Waals surface area contributed by atoms with Gasteiger partial charge in [-0.1, -0.05) is 18.2 Å². The molecule has 11 heteroatoms. The number of halogens is 1. The second-order valence-electron chi connectivity index (χ2n) is 8.79. The number of ether oxygens (including phenoxy) is 3. The van der Waals surface area contributed by atoms with Crippen molar-refractivity contribution < 1.29 is 28.9 Å². The summed E-state index contributed by atoms with van der Waals surface area (Å²) in [6.07, 6.45) is -0.672. The summed E-state index contributed by atoms with van der Waals surface area (Å²) in [4.78, 5) is 29.9. The highest BCUT2D eigenvalue weighted by molar-refractivity contribution is 9.10. The van der Waals surface area contributed by atoms with Gasteiger partial charge in [0.15, 0.2) is 5.65 Å². The summed E-state index contributed by atoms with van der Waals surface area (Å²) >= 11 is 3.38. The molecule has 0 fully saturated rings. The fourth-order valence-electron chi connectivity index (χ4n) is 2.91. The van der Waals surface area contributed by atoms with E-state index in [-0.39, 0.29) is 18.2 Å². The number of hydrogen-bond donors (Lipinski definition) is 1. The van der Waals surface area contributed by atoms with Crippen molar-refractivity contribution in [2.24, 2.45) is 0 Å². The molecule has 0 aliphatic rings. The first-order valence-corrected chi connectivity index (χ1v) is 10.8. The van der Waals surface area contributed by atoms with Gasteiger partial charge in [-0.3, -0.25) is 4.90 Å².